The van der Waals surface area contributed by atoms with Gasteiger partial charge < -0.3 is 0 Å². The minimum Gasteiger partial charge on any atom is -0.269 e. The second kappa shape index (κ2) is 7.21. The average molecular weight is 285 g/mol. The van der Waals surface area contributed by atoms with E-state index < -0.39 is 0 Å². The van der Waals surface area contributed by atoms with Crippen molar-refractivity contribution in [1.82, 2.24) is 0 Å². The number of hydrogen-bond donors (Lipinski definition) is 0. The van der Waals surface area contributed by atoms with Gasteiger partial charge in [0.2, 0.25) is 0 Å². The van der Waals surface area contributed by atoms with Crippen LogP contribution in [0.25, 0.3) is 0 Å². The number of unbranched alkanes of at least 4 members (excludes halogenated alkanes) is 2. The first-order valence-electron chi connectivity index (χ1n) is 7.86. The Bertz CT molecular complexity index is 542. The maximum absolute atomic E-state index is 12.0. The van der Waals surface area contributed by atoms with Crippen molar-refractivity contribution in [2.24, 2.45) is 0 Å². The molecule has 0 atom stereocenters. The van der Waals surface area contributed by atoms with Crippen molar-refractivity contribution < 1.29 is 9.59 Å². The van der Waals surface area contributed by atoms with E-state index in [9.17, 15) is 9.59 Å². The molecule has 0 aromatic heterocycles. The molecule has 1 aromatic carbocycles. The van der Waals surface area contributed by atoms with Gasteiger partial charge in [0.25, 0.3) is 11.8 Å². The number of benzene rings is 1. The highest BCUT2D eigenvalue weighted by atomic mass is 16.2. The topological polar surface area (TPSA) is 37.4 Å². The number of amides is 2. The van der Waals surface area contributed by atoms with Crippen molar-refractivity contribution in [3.05, 3.63) is 41.5 Å². The van der Waals surface area contributed by atoms with Gasteiger partial charge in [-0.3, -0.25) is 9.59 Å². The summed E-state index contributed by atoms with van der Waals surface area (Å²) in [6.07, 6.45) is 9.07. The fourth-order valence-electron chi connectivity index (χ4n) is 2.71. The van der Waals surface area contributed by atoms with E-state index in [0.29, 0.717) is 0 Å². The van der Waals surface area contributed by atoms with Crippen LogP contribution in [0.2, 0.25) is 0 Å². The predicted molar refractivity (Wildman–Crippen MR) is 85.3 cm³/mol. The number of aryl methyl sites for hydroxylation is 1. The molecule has 0 bridgehead atoms. The minimum atomic E-state index is -0.231. The lowest BCUT2D eigenvalue weighted by molar-refractivity contribution is -0.119. The molecule has 0 N–H and O–H groups in total. The largest absolute Gasteiger partial charge is 0.269 e. The lowest BCUT2D eigenvalue weighted by Gasteiger charge is -2.21. The Balaban J connectivity index is 2.39. The molecule has 1 aromatic rings. The van der Waals surface area contributed by atoms with Crippen LogP contribution in [0.15, 0.2) is 30.4 Å². The molecule has 0 spiro atoms. The Labute approximate surface area is 126 Å². The molecular formula is C18H23NO2. The van der Waals surface area contributed by atoms with E-state index >= 15 is 0 Å². The number of carbonyl (C=O) groups excluding carboxylic acids is 2. The van der Waals surface area contributed by atoms with Gasteiger partial charge in [-0.25, -0.2) is 4.90 Å². The Morgan fingerprint density at radius 1 is 0.905 bits per heavy atom. The highest BCUT2D eigenvalue weighted by Crippen LogP contribution is 2.29. The third kappa shape index (κ3) is 3.41. The third-order valence-electron chi connectivity index (χ3n) is 3.88. The molecule has 1 aliphatic heterocycles. The normalized spacial score (nSPS) is 14.3. The summed E-state index contributed by atoms with van der Waals surface area (Å²) in [5.41, 5.74) is 3.21. The van der Waals surface area contributed by atoms with Crippen molar-refractivity contribution in [2.45, 2.75) is 52.4 Å². The number of nitrogens with zero attached hydrogens (tertiary/aromatic N) is 1. The molecule has 2 rings (SSSR count). The first-order valence-corrected chi connectivity index (χ1v) is 7.86. The summed E-state index contributed by atoms with van der Waals surface area (Å²) in [4.78, 5) is 25.2. The van der Waals surface area contributed by atoms with Crippen LogP contribution in [0.4, 0.5) is 5.69 Å². The van der Waals surface area contributed by atoms with Gasteiger partial charge in [-0.15, -0.1) is 0 Å². The molecule has 0 fully saturated rings. The van der Waals surface area contributed by atoms with Crippen molar-refractivity contribution in [1.29, 1.82) is 0 Å². The van der Waals surface area contributed by atoms with Crippen molar-refractivity contribution in [3.63, 3.8) is 0 Å². The highest BCUT2D eigenvalue weighted by Gasteiger charge is 2.27. The van der Waals surface area contributed by atoms with E-state index in [1.54, 1.807) is 0 Å². The van der Waals surface area contributed by atoms with Gasteiger partial charge in [-0.2, -0.15) is 0 Å². The summed E-state index contributed by atoms with van der Waals surface area (Å²) in [7, 11) is 0. The van der Waals surface area contributed by atoms with E-state index in [-0.39, 0.29) is 11.8 Å². The second-order valence-electron chi connectivity index (χ2n) is 5.47. The number of anilines is 1. The van der Waals surface area contributed by atoms with E-state index in [0.717, 1.165) is 44.2 Å². The van der Waals surface area contributed by atoms with Gasteiger partial charge in [0.15, 0.2) is 0 Å². The van der Waals surface area contributed by atoms with Crippen LogP contribution in [0.3, 0.4) is 0 Å². The first-order chi connectivity index (χ1) is 10.2. The molecule has 0 radical (unpaired) electrons. The molecule has 112 valence electrons. The molecule has 21 heavy (non-hydrogen) atoms. The predicted octanol–water partition coefficient (Wildman–Crippen LogP) is 3.80. The Morgan fingerprint density at radius 2 is 1.52 bits per heavy atom. The Hall–Kier alpha value is -1.90. The first kappa shape index (κ1) is 15.5. The smallest absolute Gasteiger partial charge is 0.258 e. The molecular weight excluding hydrogens is 262 g/mol. The van der Waals surface area contributed by atoms with Gasteiger partial charge in [0.1, 0.15) is 0 Å². The lowest BCUT2D eigenvalue weighted by atomic mass is 9.95. The number of carbonyl (C=O) groups is 2. The standard InChI is InChI=1S/C18H23NO2/c1-3-5-8-14-9-7-11-16(15(14)10-6-4-2)19-17(20)12-13-18(19)21/h7,9,11-13H,3-6,8,10H2,1-2H3. The number of rotatable bonds is 7. The Kier molecular flexibility index (Phi) is 5.32. The molecule has 0 saturated heterocycles. The SMILES string of the molecule is CCCCc1cccc(N2C(=O)C=CC2=O)c1CCCC. The van der Waals surface area contributed by atoms with E-state index in [1.165, 1.54) is 28.2 Å². The summed E-state index contributed by atoms with van der Waals surface area (Å²) in [6.45, 7) is 4.33. The molecule has 0 unspecified atom stereocenters. The fourth-order valence-corrected chi connectivity index (χ4v) is 2.71. The molecule has 1 heterocycles. The Morgan fingerprint density at radius 3 is 2.14 bits per heavy atom. The molecule has 1 aliphatic rings. The van der Waals surface area contributed by atoms with Gasteiger partial charge >= 0.3 is 0 Å². The molecule has 3 nitrogen and oxygen atoms in total. The van der Waals surface area contributed by atoms with E-state index in [1.807, 2.05) is 12.1 Å². The van der Waals surface area contributed by atoms with Gasteiger partial charge in [-0.05, 0) is 42.9 Å². The summed E-state index contributed by atoms with van der Waals surface area (Å²) < 4.78 is 0. The molecule has 0 aliphatic carbocycles. The van der Waals surface area contributed by atoms with Crippen LogP contribution >= 0.6 is 0 Å². The zero-order chi connectivity index (χ0) is 15.2. The molecule has 2 amide bonds. The maximum atomic E-state index is 12.0. The van der Waals surface area contributed by atoms with Crippen molar-refractivity contribution >= 4 is 17.5 Å². The van der Waals surface area contributed by atoms with Crippen LogP contribution in [0, 0.1) is 0 Å². The summed E-state index contributed by atoms with van der Waals surface area (Å²) in [5.74, 6) is -0.462. The average Bonchev–Trinajstić information content (AvgIpc) is 2.82. The van der Waals surface area contributed by atoms with Crippen molar-refractivity contribution in [2.75, 3.05) is 4.90 Å². The van der Waals surface area contributed by atoms with Crippen LogP contribution in [-0.4, -0.2) is 11.8 Å². The minimum absolute atomic E-state index is 0.231. The van der Waals surface area contributed by atoms with E-state index in [4.69, 9.17) is 0 Å². The fraction of sp³-hybridized carbons (Fsp3) is 0.444. The van der Waals surface area contributed by atoms with Crippen molar-refractivity contribution in [3.8, 4) is 0 Å². The highest BCUT2D eigenvalue weighted by molar-refractivity contribution is 6.28. The zero-order valence-corrected chi connectivity index (χ0v) is 12.9. The summed E-state index contributed by atoms with van der Waals surface area (Å²) in [5, 5.41) is 0. The van der Waals surface area contributed by atoms with Gasteiger partial charge in [-0.1, -0.05) is 38.8 Å². The van der Waals surface area contributed by atoms with Crippen LogP contribution < -0.4 is 4.90 Å². The number of imide groups is 1. The number of hydrogen-bond acceptors (Lipinski definition) is 2. The van der Waals surface area contributed by atoms with Gasteiger partial charge in [0.05, 0.1) is 5.69 Å². The molecule has 3 heteroatoms. The summed E-state index contributed by atoms with van der Waals surface area (Å²) in [6, 6.07) is 5.97. The van der Waals surface area contributed by atoms with E-state index in [2.05, 4.69) is 19.9 Å². The maximum Gasteiger partial charge on any atom is 0.258 e. The second-order valence-corrected chi connectivity index (χ2v) is 5.47. The van der Waals surface area contributed by atoms with Crippen LogP contribution in [0.1, 0.15) is 50.7 Å². The quantitative estimate of drug-likeness (QED) is 0.715. The monoisotopic (exact) mass is 285 g/mol. The third-order valence-corrected chi connectivity index (χ3v) is 3.88. The molecule has 0 saturated carbocycles. The van der Waals surface area contributed by atoms with Crippen LogP contribution in [0.5, 0.6) is 0 Å². The zero-order valence-electron chi connectivity index (χ0n) is 12.9. The van der Waals surface area contributed by atoms with Gasteiger partial charge in [0, 0.05) is 12.2 Å². The summed E-state index contributed by atoms with van der Waals surface area (Å²) >= 11 is 0. The lowest BCUT2D eigenvalue weighted by Crippen LogP contribution is -2.30. The van der Waals surface area contributed by atoms with Crippen LogP contribution in [-0.2, 0) is 22.4 Å².